The highest BCUT2D eigenvalue weighted by atomic mass is 35.5. The lowest BCUT2D eigenvalue weighted by molar-refractivity contribution is -0.118. The van der Waals surface area contributed by atoms with Crippen LogP contribution in [0.15, 0.2) is 36.4 Å². The van der Waals surface area contributed by atoms with Gasteiger partial charge in [-0.3, -0.25) is 9.59 Å². The average molecular weight is 459 g/mol. The Labute approximate surface area is 196 Å². The maximum absolute atomic E-state index is 13.3. The van der Waals surface area contributed by atoms with Crippen LogP contribution in [0, 0.1) is 5.82 Å². The van der Waals surface area contributed by atoms with Crippen LogP contribution in [-0.4, -0.2) is 43.3 Å². The Kier molecular flexibility index (Phi) is 8.44. The Bertz CT molecular complexity index is 978. The highest BCUT2D eigenvalue weighted by Crippen LogP contribution is 2.37. The SMILES string of the molecule is CN(CCCCCC(=O)c1cc2c3c(c1)CCN3C(=O)CC2)CCc1cccc(F)c1.Cl. The summed E-state index contributed by atoms with van der Waals surface area (Å²) < 4.78 is 13.3. The molecule has 0 N–H and O–H groups in total. The second-order valence-corrected chi connectivity index (χ2v) is 8.86. The van der Waals surface area contributed by atoms with Gasteiger partial charge in [-0.15, -0.1) is 12.4 Å². The molecule has 1 amide bonds. The second kappa shape index (κ2) is 11.1. The zero-order valence-corrected chi connectivity index (χ0v) is 19.6. The number of amides is 1. The van der Waals surface area contributed by atoms with Gasteiger partial charge in [-0.1, -0.05) is 18.6 Å². The van der Waals surface area contributed by atoms with Gasteiger partial charge in [0.15, 0.2) is 5.78 Å². The second-order valence-electron chi connectivity index (χ2n) is 8.86. The van der Waals surface area contributed by atoms with Crippen molar-refractivity contribution >= 4 is 29.8 Å². The first-order valence-electron chi connectivity index (χ1n) is 11.4. The predicted molar refractivity (Wildman–Crippen MR) is 128 cm³/mol. The van der Waals surface area contributed by atoms with Crippen LogP contribution in [0.1, 0.15) is 59.2 Å². The maximum atomic E-state index is 13.3. The fourth-order valence-electron chi connectivity index (χ4n) is 4.73. The fourth-order valence-corrected chi connectivity index (χ4v) is 4.73. The molecule has 0 aliphatic carbocycles. The van der Waals surface area contributed by atoms with Gasteiger partial charge in [0.05, 0.1) is 5.69 Å². The van der Waals surface area contributed by atoms with E-state index in [-0.39, 0.29) is 29.9 Å². The van der Waals surface area contributed by atoms with Gasteiger partial charge >= 0.3 is 0 Å². The molecule has 0 saturated carbocycles. The Hall–Kier alpha value is -2.24. The first-order chi connectivity index (χ1) is 15.0. The molecule has 0 saturated heterocycles. The van der Waals surface area contributed by atoms with Gasteiger partial charge in [0.1, 0.15) is 5.82 Å². The van der Waals surface area contributed by atoms with Crippen LogP contribution < -0.4 is 4.90 Å². The van der Waals surface area contributed by atoms with Crippen molar-refractivity contribution in [1.82, 2.24) is 4.90 Å². The van der Waals surface area contributed by atoms with E-state index in [0.29, 0.717) is 12.8 Å². The van der Waals surface area contributed by atoms with Crippen LogP contribution in [0.25, 0.3) is 0 Å². The number of likely N-dealkylation sites (N-methyl/N-ethyl adjacent to an activating group) is 1. The van der Waals surface area contributed by atoms with E-state index in [1.165, 1.54) is 6.07 Å². The number of hydrogen-bond donors (Lipinski definition) is 0. The maximum Gasteiger partial charge on any atom is 0.227 e. The summed E-state index contributed by atoms with van der Waals surface area (Å²) in [5.74, 6) is 0.253. The Balaban J connectivity index is 0.00000289. The zero-order valence-electron chi connectivity index (χ0n) is 18.7. The van der Waals surface area contributed by atoms with E-state index in [2.05, 4.69) is 11.9 Å². The van der Waals surface area contributed by atoms with E-state index in [9.17, 15) is 14.0 Å². The van der Waals surface area contributed by atoms with Crippen LogP contribution in [0.2, 0.25) is 0 Å². The summed E-state index contributed by atoms with van der Waals surface area (Å²) in [5.41, 5.74) is 5.25. The molecule has 4 rings (SSSR count). The number of hydrogen-bond acceptors (Lipinski definition) is 3. The number of unbranched alkanes of at least 4 members (excludes halogenated alkanes) is 2. The minimum absolute atomic E-state index is 0. The zero-order chi connectivity index (χ0) is 21.8. The number of benzene rings is 2. The lowest BCUT2D eigenvalue weighted by Crippen LogP contribution is -2.32. The van der Waals surface area contributed by atoms with Crippen molar-refractivity contribution in [2.75, 3.05) is 31.6 Å². The lowest BCUT2D eigenvalue weighted by Gasteiger charge is -2.25. The highest BCUT2D eigenvalue weighted by Gasteiger charge is 2.31. The lowest BCUT2D eigenvalue weighted by atomic mass is 9.94. The number of aryl methyl sites for hydroxylation is 1. The molecule has 2 heterocycles. The normalized spacial score (nSPS) is 14.5. The molecular weight excluding hydrogens is 427 g/mol. The van der Waals surface area contributed by atoms with Crippen molar-refractivity contribution in [2.45, 2.75) is 51.4 Å². The highest BCUT2D eigenvalue weighted by molar-refractivity contribution is 6.02. The molecule has 2 aromatic carbocycles. The van der Waals surface area contributed by atoms with Crippen molar-refractivity contribution < 1.29 is 14.0 Å². The monoisotopic (exact) mass is 458 g/mol. The third-order valence-electron chi connectivity index (χ3n) is 6.49. The van der Waals surface area contributed by atoms with Gasteiger partial charge in [-0.2, -0.15) is 0 Å². The molecule has 0 atom stereocenters. The number of Topliss-reactive ketones (excluding diaryl/α,β-unsaturated/α-hetero) is 1. The quantitative estimate of drug-likeness (QED) is 0.371. The first kappa shape index (κ1) is 24.4. The number of halogens is 2. The smallest absolute Gasteiger partial charge is 0.227 e. The van der Waals surface area contributed by atoms with E-state index in [1.54, 1.807) is 12.1 Å². The molecule has 6 heteroatoms. The van der Waals surface area contributed by atoms with Crippen LogP contribution in [0.5, 0.6) is 0 Å². The molecule has 0 fully saturated rings. The Morgan fingerprint density at radius 2 is 1.81 bits per heavy atom. The first-order valence-corrected chi connectivity index (χ1v) is 11.4. The minimum atomic E-state index is -0.178. The molecule has 0 bridgehead atoms. The standard InChI is InChI=1S/C26H31FN2O2.ClH/c1-28(14-11-19-6-5-7-23(27)16-19)13-4-2-3-8-24(30)22-17-20-9-10-25(31)29-15-12-21(18-22)26(20)29;/h5-7,16-18H,2-4,8-15H2,1H3;1H. The van der Waals surface area contributed by atoms with Gasteiger partial charge in [-0.05, 0) is 86.7 Å². The van der Waals surface area contributed by atoms with Crippen molar-refractivity contribution in [3.8, 4) is 0 Å². The summed E-state index contributed by atoms with van der Waals surface area (Å²) in [6.45, 7) is 2.64. The van der Waals surface area contributed by atoms with Gasteiger partial charge in [-0.25, -0.2) is 4.39 Å². The molecular formula is C26H32ClFN2O2. The summed E-state index contributed by atoms with van der Waals surface area (Å²) in [6, 6.07) is 10.8. The molecule has 2 aliphatic rings. The number of nitrogens with zero attached hydrogens (tertiary/aromatic N) is 2. The number of carbonyl (C=O) groups is 2. The summed E-state index contributed by atoms with van der Waals surface area (Å²) in [5, 5.41) is 0. The third-order valence-corrected chi connectivity index (χ3v) is 6.49. The van der Waals surface area contributed by atoms with Crippen LogP contribution in [-0.2, 0) is 24.1 Å². The molecule has 0 spiro atoms. The van der Waals surface area contributed by atoms with Gasteiger partial charge in [0.2, 0.25) is 5.91 Å². The predicted octanol–water partition coefficient (Wildman–Crippen LogP) is 5.00. The van der Waals surface area contributed by atoms with E-state index in [1.807, 2.05) is 23.1 Å². The molecule has 4 nitrogen and oxygen atoms in total. The largest absolute Gasteiger partial charge is 0.312 e. The molecule has 0 unspecified atom stereocenters. The number of anilines is 1. The molecule has 172 valence electrons. The third kappa shape index (κ3) is 5.76. The van der Waals surface area contributed by atoms with Crippen molar-refractivity contribution in [3.63, 3.8) is 0 Å². The van der Waals surface area contributed by atoms with Crippen molar-refractivity contribution in [1.29, 1.82) is 0 Å². The van der Waals surface area contributed by atoms with E-state index >= 15 is 0 Å². The number of carbonyl (C=O) groups excluding carboxylic acids is 2. The summed E-state index contributed by atoms with van der Waals surface area (Å²) >= 11 is 0. The topological polar surface area (TPSA) is 40.6 Å². The van der Waals surface area contributed by atoms with Crippen molar-refractivity contribution in [3.05, 3.63) is 64.5 Å². The van der Waals surface area contributed by atoms with Crippen molar-refractivity contribution in [2.24, 2.45) is 0 Å². The molecule has 2 aromatic rings. The molecule has 0 aromatic heterocycles. The van der Waals surface area contributed by atoms with E-state index < -0.39 is 0 Å². The van der Waals surface area contributed by atoms with Gasteiger partial charge in [0.25, 0.3) is 0 Å². The Morgan fingerprint density at radius 1 is 1.03 bits per heavy atom. The molecule has 2 aliphatic heterocycles. The van der Waals surface area contributed by atoms with Crippen LogP contribution >= 0.6 is 12.4 Å². The minimum Gasteiger partial charge on any atom is -0.312 e. The Morgan fingerprint density at radius 3 is 2.59 bits per heavy atom. The summed E-state index contributed by atoms with van der Waals surface area (Å²) in [4.78, 5) is 29.0. The van der Waals surface area contributed by atoms with E-state index in [0.717, 1.165) is 86.1 Å². The number of rotatable bonds is 10. The average Bonchev–Trinajstić information content (AvgIpc) is 3.20. The summed E-state index contributed by atoms with van der Waals surface area (Å²) in [7, 11) is 2.09. The van der Waals surface area contributed by atoms with Crippen LogP contribution in [0.4, 0.5) is 10.1 Å². The fraction of sp³-hybridized carbons (Fsp3) is 0.462. The van der Waals surface area contributed by atoms with E-state index in [4.69, 9.17) is 0 Å². The summed E-state index contributed by atoms with van der Waals surface area (Å²) in [6.07, 6.45) is 6.56. The molecule has 32 heavy (non-hydrogen) atoms. The van der Waals surface area contributed by atoms with Crippen LogP contribution in [0.3, 0.4) is 0 Å². The molecule has 0 radical (unpaired) electrons. The van der Waals surface area contributed by atoms with Gasteiger partial charge in [0, 0.05) is 31.5 Å². The van der Waals surface area contributed by atoms with Gasteiger partial charge < -0.3 is 9.80 Å². The number of ketones is 1.